The fraction of sp³-hybridized carbons (Fsp3) is 0.483. The van der Waals surface area contributed by atoms with Gasteiger partial charge in [-0.1, -0.05) is 57.0 Å². The molecule has 1 aromatic heterocycles. The molecule has 1 aliphatic carbocycles. The van der Waals surface area contributed by atoms with Gasteiger partial charge in [-0.25, -0.2) is 9.37 Å². The molecule has 194 valence electrons. The first-order valence-electron chi connectivity index (χ1n) is 12.6. The minimum absolute atomic E-state index is 0.250. The van der Waals surface area contributed by atoms with E-state index < -0.39 is 0 Å². The summed E-state index contributed by atoms with van der Waals surface area (Å²) in [6.07, 6.45) is 8.25. The number of thioether (sulfide) groups is 1. The van der Waals surface area contributed by atoms with E-state index >= 15 is 0 Å². The molecular formula is C29H43F2N3S. The summed E-state index contributed by atoms with van der Waals surface area (Å²) in [6.45, 7) is 18.0. The Kier molecular flexibility index (Phi) is 15.2. The van der Waals surface area contributed by atoms with Crippen molar-refractivity contribution in [2.24, 2.45) is 5.92 Å². The molecule has 1 fully saturated rings. The van der Waals surface area contributed by atoms with Crippen molar-refractivity contribution in [3.63, 3.8) is 0 Å². The van der Waals surface area contributed by atoms with E-state index in [1.165, 1.54) is 11.8 Å². The second-order valence-electron chi connectivity index (χ2n) is 8.17. The van der Waals surface area contributed by atoms with Crippen molar-refractivity contribution >= 4 is 33.3 Å². The van der Waals surface area contributed by atoms with Crippen molar-refractivity contribution in [3.05, 3.63) is 65.9 Å². The molecule has 1 saturated carbocycles. The maximum absolute atomic E-state index is 12.3. The number of fused-ring (bicyclic) bond motifs is 1. The van der Waals surface area contributed by atoms with Gasteiger partial charge in [-0.15, -0.1) is 0 Å². The molecule has 1 aromatic carbocycles. The van der Waals surface area contributed by atoms with Crippen LogP contribution in [0.3, 0.4) is 0 Å². The molecule has 0 unspecified atom stereocenters. The van der Waals surface area contributed by atoms with Crippen molar-refractivity contribution in [2.45, 2.75) is 66.3 Å². The van der Waals surface area contributed by atoms with Gasteiger partial charge in [0.25, 0.3) is 0 Å². The molecule has 3 nitrogen and oxygen atoms in total. The zero-order chi connectivity index (χ0) is 26.2. The molecule has 0 atom stereocenters. The second-order valence-corrected chi connectivity index (χ2v) is 9.51. The highest BCUT2D eigenvalue weighted by Gasteiger charge is 2.23. The summed E-state index contributed by atoms with van der Waals surface area (Å²) in [6, 6.07) is 8.88. The Bertz CT molecular complexity index is 950. The van der Waals surface area contributed by atoms with Crippen LogP contribution in [0.4, 0.5) is 14.6 Å². The van der Waals surface area contributed by atoms with Crippen LogP contribution in [0.15, 0.2) is 60.3 Å². The number of hydrogen-bond donors (Lipinski definition) is 2. The number of benzene rings is 1. The van der Waals surface area contributed by atoms with E-state index in [1.54, 1.807) is 11.8 Å². The minimum Gasteiger partial charge on any atom is -0.344 e. The highest BCUT2D eigenvalue weighted by molar-refractivity contribution is 8.11. The van der Waals surface area contributed by atoms with E-state index in [0.29, 0.717) is 18.5 Å². The highest BCUT2D eigenvalue weighted by Crippen LogP contribution is 2.34. The van der Waals surface area contributed by atoms with Crippen LogP contribution < -0.4 is 10.6 Å². The lowest BCUT2D eigenvalue weighted by atomic mass is 9.84. The third-order valence-electron chi connectivity index (χ3n) is 5.77. The summed E-state index contributed by atoms with van der Waals surface area (Å²) < 4.78 is 22.6. The van der Waals surface area contributed by atoms with Gasteiger partial charge in [0, 0.05) is 34.8 Å². The van der Waals surface area contributed by atoms with E-state index in [9.17, 15) is 8.78 Å². The second kappa shape index (κ2) is 17.3. The van der Waals surface area contributed by atoms with Gasteiger partial charge >= 0.3 is 0 Å². The van der Waals surface area contributed by atoms with Gasteiger partial charge < -0.3 is 10.6 Å². The molecule has 2 aromatic rings. The molecule has 1 aliphatic rings. The number of allylic oxidation sites excluding steroid dienone is 3. The molecule has 0 radical (unpaired) electrons. The Morgan fingerprint density at radius 1 is 1.11 bits per heavy atom. The average Bonchev–Trinajstić information content (AvgIpc) is 2.88. The fourth-order valence-corrected chi connectivity index (χ4v) is 4.62. The van der Waals surface area contributed by atoms with Crippen molar-refractivity contribution in [2.75, 3.05) is 25.2 Å². The molecule has 1 heterocycles. The van der Waals surface area contributed by atoms with Gasteiger partial charge in [-0.3, -0.25) is 4.39 Å². The predicted octanol–water partition coefficient (Wildman–Crippen LogP) is 8.91. The lowest BCUT2D eigenvalue weighted by molar-refractivity contribution is 0.310. The number of rotatable bonds is 9. The smallest absolute Gasteiger partial charge is 0.130 e. The van der Waals surface area contributed by atoms with Gasteiger partial charge in [0.2, 0.25) is 0 Å². The zero-order valence-corrected chi connectivity index (χ0v) is 22.9. The number of alkyl halides is 2. The summed E-state index contributed by atoms with van der Waals surface area (Å²) in [5.41, 5.74) is 2.15. The number of halogens is 2. The van der Waals surface area contributed by atoms with E-state index in [-0.39, 0.29) is 13.3 Å². The first-order valence-corrected chi connectivity index (χ1v) is 13.4. The van der Waals surface area contributed by atoms with Crippen LogP contribution in [0.25, 0.3) is 15.7 Å². The first-order chi connectivity index (χ1) is 16.9. The molecule has 6 heteroatoms. The molecule has 3 rings (SSSR count). The van der Waals surface area contributed by atoms with Gasteiger partial charge in [0.05, 0.1) is 6.67 Å². The van der Waals surface area contributed by atoms with Crippen LogP contribution >= 0.6 is 11.8 Å². The Morgan fingerprint density at radius 2 is 1.77 bits per heavy atom. The summed E-state index contributed by atoms with van der Waals surface area (Å²) >= 11 is 1.70. The van der Waals surface area contributed by atoms with Gasteiger partial charge in [0.15, 0.2) is 0 Å². The van der Waals surface area contributed by atoms with Gasteiger partial charge in [0.1, 0.15) is 12.5 Å². The van der Waals surface area contributed by atoms with Crippen LogP contribution in [0.5, 0.6) is 0 Å². The maximum atomic E-state index is 12.3. The molecule has 0 amide bonds. The molecule has 35 heavy (non-hydrogen) atoms. The summed E-state index contributed by atoms with van der Waals surface area (Å²) in [7, 11) is 0. The molecule has 0 saturated heterocycles. The first kappa shape index (κ1) is 30.9. The molecule has 0 spiro atoms. The van der Waals surface area contributed by atoms with Crippen molar-refractivity contribution < 1.29 is 8.78 Å². The normalized spacial score (nSPS) is 17.5. The Balaban J connectivity index is 0.00000114. The van der Waals surface area contributed by atoms with Gasteiger partial charge in [-0.05, 0) is 80.4 Å². The maximum Gasteiger partial charge on any atom is 0.130 e. The summed E-state index contributed by atoms with van der Waals surface area (Å²) in [5, 5.41) is 8.95. The van der Waals surface area contributed by atoms with Crippen LogP contribution in [0.2, 0.25) is 0 Å². The summed E-state index contributed by atoms with van der Waals surface area (Å²) in [5.74, 6) is 1.25. The van der Waals surface area contributed by atoms with Crippen LogP contribution in [0.1, 0.15) is 65.9 Å². The Morgan fingerprint density at radius 3 is 2.37 bits per heavy atom. The standard InChI is InChI=1S/C25H32FN3S.C2H5F.C2H6/c1-5-17(2)30-19(4)21-6-7-22-16-28-25(15-23(22)14-21)29-18(3)20-8-10-24(11-9-20)27-13-12-26;1-2-3;1-2/h5-7,14-16,20,24,27H,3-4,8-13H2,1-2H3,(H,28,29);2H2,1H3;1-2H3/b17-5-;;. The third-order valence-corrected chi connectivity index (χ3v) is 6.81. The van der Waals surface area contributed by atoms with E-state index in [0.717, 1.165) is 58.4 Å². The quantitative estimate of drug-likeness (QED) is 0.358. The number of pyridine rings is 1. The number of hydrogen-bond acceptors (Lipinski definition) is 4. The molecule has 2 N–H and O–H groups in total. The van der Waals surface area contributed by atoms with E-state index in [2.05, 4.69) is 66.0 Å². The zero-order valence-electron chi connectivity index (χ0n) is 22.1. The van der Waals surface area contributed by atoms with E-state index in [4.69, 9.17) is 0 Å². The number of nitrogens with one attached hydrogen (secondary N) is 2. The number of nitrogens with zero attached hydrogens (tertiary/aromatic N) is 1. The van der Waals surface area contributed by atoms with Crippen molar-refractivity contribution in [1.29, 1.82) is 0 Å². The van der Waals surface area contributed by atoms with Crippen molar-refractivity contribution in [1.82, 2.24) is 10.3 Å². The Hall–Kier alpha value is -2.18. The summed E-state index contributed by atoms with van der Waals surface area (Å²) in [4.78, 5) is 6.85. The Labute approximate surface area is 215 Å². The average molecular weight is 504 g/mol. The lowest BCUT2D eigenvalue weighted by Gasteiger charge is -2.30. The van der Waals surface area contributed by atoms with E-state index in [1.807, 2.05) is 27.0 Å². The third kappa shape index (κ3) is 10.5. The molecular weight excluding hydrogens is 460 g/mol. The number of aromatic nitrogens is 1. The molecule has 0 aliphatic heterocycles. The highest BCUT2D eigenvalue weighted by atomic mass is 32.2. The van der Waals surface area contributed by atoms with Crippen LogP contribution in [0, 0.1) is 5.92 Å². The minimum atomic E-state index is -0.301. The molecule has 0 bridgehead atoms. The monoisotopic (exact) mass is 503 g/mol. The number of anilines is 1. The topological polar surface area (TPSA) is 37.0 Å². The van der Waals surface area contributed by atoms with Crippen LogP contribution in [-0.4, -0.2) is 30.9 Å². The predicted molar refractivity (Wildman–Crippen MR) is 153 cm³/mol. The van der Waals surface area contributed by atoms with Gasteiger partial charge in [-0.2, -0.15) is 0 Å². The fourth-order valence-electron chi connectivity index (χ4n) is 3.87. The van der Waals surface area contributed by atoms with Crippen molar-refractivity contribution in [3.8, 4) is 0 Å². The largest absolute Gasteiger partial charge is 0.344 e. The SMILES string of the molecule is C=C(S/C(C)=C\C)c1ccc2cnc(NC(=C)C3CCC(NCCF)CC3)cc2c1.CC.CCF. The lowest BCUT2D eigenvalue weighted by Crippen LogP contribution is -2.35. The van der Waals surface area contributed by atoms with Crippen LogP contribution in [-0.2, 0) is 0 Å².